The van der Waals surface area contributed by atoms with Gasteiger partial charge < -0.3 is 14.8 Å². The number of hydrogen-bond donors (Lipinski definition) is 2. The van der Waals surface area contributed by atoms with Gasteiger partial charge in [0, 0.05) is 24.3 Å². The number of para-hydroxylation sites is 2. The van der Waals surface area contributed by atoms with E-state index >= 15 is 0 Å². The third kappa shape index (κ3) is 3.72. The molecule has 0 spiro atoms. The van der Waals surface area contributed by atoms with Crippen LogP contribution in [-0.4, -0.2) is 30.5 Å². The molecule has 5 nitrogen and oxygen atoms in total. The molecule has 19 heavy (non-hydrogen) atoms. The molecule has 0 bridgehead atoms. The van der Waals surface area contributed by atoms with E-state index in [1.165, 1.54) is 5.56 Å². The van der Waals surface area contributed by atoms with E-state index in [0.717, 1.165) is 30.3 Å². The SMILES string of the molecule is COc1ccccc1OCCNCc1cn[nH]c1C. The minimum Gasteiger partial charge on any atom is -0.493 e. The van der Waals surface area contributed by atoms with Crippen molar-refractivity contribution in [1.82, 2.24) is 15.5 Å². The Bertz CT molecular complexity index is 511. The van der Waals surface area contributed by atoms with E-state index < -0.39 is 0 Å². The van der Waals surface area contributed by atoms with Crippen LogP contribution in [0.5, 0.6) is 11.5 Å². The van der Waals surface area contributed by atoms with Gasteiger partial charge in [-0.1, -0.05) is 12.1 Å². The Morgan fingerprint density at radius 1 is 1.26 bits per heavy atom. The highest BCUT2D eigenvalue weighted by Crippen LogP contribution is 2.25. The second-order valence-corrected chi connectivity index (χ2v) is 4.20. The number of nitrogens with one attached hydrogen (secondary N) is 2. The topological polar surface area (TPSA) is 59.2 Å². The number of hydrogen-bond acceptors (Lipinski definition) is 4. The van der Waals surface area contributed by atoms with Crippen LogP contribution in [0, 0.1) is 6.92 Å². The summed E-state index contributed by atoms with van der Waals surface area (Å²) in [6.45, 7) is 4.16. The zero-order valence-electron chi connectivity index (χ0n) is 11.3. The Hall–Kier alpha value is -2.01. The van der Waals surface area contributed by atoms with Crippen LogP contribution in [0.1, 0.15) is 11.3 Å². The first-order valence-electron chi connectivity index (χ1n) is 6.26. The number of H-pyrrole nitrogens is 1. The van der Waals surface area contributed by atoms with Crippen LogP contribution in [0.2, 0.25) is 0 Å². The Labute approximate surface area is 112 Å². The maximum atomic E-state index is 5.67. The van der Waals surface area contributed by atoms with E-state index in [-0.39, 0.29) is 0 Å². The molecule has 2 N–H and O–H groups in total. The molecule has 0 saturated carbocycles. The van der Waals surface area contributed by atoms with Crippen LogP contribution in [0.4, 0.5) is 0 Å². The Kier molecular flexibility index (Phi) is 4.80. The highest BCUT2D eigenvalue weighted by Gasteiger charge is 2.02. The van der Waals surface area contributed by atoms with E-state index in [9.17, 15) is 0 Å². The van der Waals surface area contributed by atoms with Crippen molar-refractivity contribution in [3.05, 3.63) is 41.7 Å². The fourth-order valence-electron chi connectivity index (χ4n) is 1.75. The van der Waals surface area contributed by atoms with Gasteiger partial charge in [-0.15, -0.1) is 0 Å². The molecule has 0 aliphatic carbocycles. The largest absolute Gasteiger partial charge is 0.493 e. The van der Waals surface area contributed by atoms with Gasteiger partial charge in [0.1, 0.15) is 6.61 Å². The molecule has 1 aromatic carbocycles. The van der Waals surface area contributed by atoms with E-state index in [1.54, 1.807) is 7.11 Å². The molecule has 0 aliphatic heterocycles. The summed E-state index contributed by atoms with van der Waals surface area (Å²) in [5.41, 5.74) is 2.27. The smallest absolute Gasteiger partial charge is 0.161 e. The molecule has 0 fully saturated rings. The molecule has 0 amide bonds. The molecule has 5 heteroatoms. The molecule has 2 rings (SSSR count). The van der Waals surface area contributed by atoms with Gasteiger partial charge in [-0.25, -0.2) is 0 Å². The average Bonchev–Trinajstić information content (AvgIpc) is 2.84. The lowest BCUT2D eigenvalue weighted by Gasteiger charge is -2.10. The van der Waals surface area contributed by atoms with E-state index in [0.29, 0.717) is 6.61 Å². The Balaban J connectivity index is 1.71. The van der Waals surface area contributed by atoms with E-state index in [4.69, 9.17) is 9.47 Å². The van der Waals surface area contributed by atoms with Crippen LogP contribution < -0.4 is 14.8 Å². The van der Waals surface area contributed by atoms with Crippen molar-refractivity contribution in [3.63, 3.8) is 0 Å². The molecule has 0 aliphatic rings. The lowest BCUT2D eigenvalue weighted by molar-refractivity contribution is 0.292. The average molecular weight is 261 g/mol. The highest BCUT2D eigenvalue weighted by atomic mass is 16.5. The Morgan fingerprint density at radius 2 is 2.05 bits per heavy atom. The second kappa shape index (κ2) is 6.80. The number of rotatable bonds is 7. The summed E-state index contributed by atoms with van der Waals surface area (Å²) in [5, 5.41) is 10.2. The number of aromatic amines is 1. The molecular weight excluding hydrogens is 242 g/mol. The Morgan fingerprint density at radius 3 is 2.74 bits per heavy atom. The molecule has 1 aromatic heterocycles. The monoisotopic (exact) mass is 261 g/mol. The van der Waals surface area contributed by atoms with Crippen LogP contribution in [0.15, 0.2) is 30.5 Å². The number of benzene rings is 1. The lowest BCUT2D eigenvalue weighted by Crippen LogP contribution is -2.20. The molecule has 0 atom stereocenters. The van der Waals surface area contributed by atoms with Gasteiger partial charge in [0.2, 0.25) is 0 Å². The van der Waals surface area contributed by atoms with E-state index in [1.807, 2.05) is 37.4 Å². The molecule has 1 heterocycles. The first kappa shape index (κ1) is 13.4. The third-order valence-electron chi connectivity index (χ3n) is 2.86. The zero-order valence-corrected chi connectivity index (χ0v) is 11.3. The van der Waals surface area contributed by atoms with Crippen molar-refractivity contribution in [2.45, 2.75) is 13.5 Å². The fraction of sp³-hybridized carbons (Fsp3) is 0.357. The molecule has 0 saturated heterocycles. The normalized spacial score (nSPS) is 10.4. The van der Waals surface area contributed by atoms with Crippen LogP contribution in [0.3, 0.4) is 0 Å². The van der Waals surface area contributed by atoms with Crippen molar-refractivity contribution < 1.29 is 9.47 Å². The van der Waals surface area contributed by atoms with Gasteiger partial charge >= 0.3 is 0 Å². The quantitative estimate of drug-likeness (QED) is 0.747. The van der Waals surface area contributed by atoms with Crippen molar-refractivity contribution in [3.8, 4) is 11.5 Å². The first-order valence-corrected chi connectivity index (χ1v) is 6.26. The first-order chi connectivity index (χ1) is 9.31. The van der Waals surface area contributed by atoms with Crippen molar-refractivity contribution >= 4 is 0 Å². The van der Waals surface area contributed by atoms with Gasteiger partial charge in [0.15, 0.2) is 11.5 Å². The van der Waals surface area contributed by atoms with Crippen LogP contribution >= 0.6 is 0 Å². The number of nitrogens with zero attached hydrogens (tertiary/aromatic N) is 1. The van der Waals surface area contributed by atoms with Crippen LogP contribution in [-0.2, 0) is 6.54 Å². The van der Waals surface area contributed by atoms with Gasteiger partial charge in [0.05, 0.1) is 13.3 Å². The molecule has 2 aromatic rings. The van der Waals surface area contributed by atoms with Gasteiger partial charge in [-0.2, -0.15) is 5.10 Å². The summed E-state index contributed by atoms with van der Waals surface area (Å²) in [7, 11) is 1.64. The summed E-state index contributed by atoms with van der Waals surface area (Å²) in [5.74, 6) is 1.53. The lowest BCUT2D eigenvalue weighted by atomic mass is 10.3. The third-order valence-corrected chi connectivity index (χ3v) is 2.86. The second-order valence-electron chi connectivity index (χ2n) is 4.20. The molecular formula is C14H19N3O2. The molecule has 0 unspecified atom stereocenters. The molecule has 102 valence electrons. The maximum absolute atomic E-state index is 5.67. The highest BCUT2D eigenvalue weighted by molar-refractivity contribution is 5.39. The standard InChI is InChI=1S/C14H19N3O2/c1-11-12(10-16-17-11)9-15-7-8-19-14-6-4-3-5-13(14)18-2/h3-6,10,15H,7-9H2,1-2H3,(H,16,17). The number of aromatic nitrogens is 2. The van der Waals surface area contributed by atoms with Gasteiger partial charge in [0.25, 0.3) is 0 Å². The zero-order chi connectivity index (χ0) is 13.5. The summed E-state index contributed by atoms with van der Waals surface area (Å²) in [6, 6.07) is 7.64. The van der Waals surface area contributed by atoms with Crippen molar-refractivity contribution in [2.75, 3.05) is 20.3 Å². The predicted molar refractivity (Wildman–Crippen MR) is 73.5 cm³/mol. The number of aryl methyl sites for hydroxylation is 1. The summed E-state index contributed by atoms with van der Waals surface area (Å²) >= 11 is 0. The van der Waals surface area contributed by atoms with Gasteiger partial charge in [-0.3, -0.25) is 5.10 Å². The predicted octanol–water partition coefficient (Wildman–Crippen LogP) is 1.90. The van der Waals surface area contributed by atoms with Gasteiger partial charge in [-0.05, 0) is 19.1 Å². The maximum Gasteiger partial charge on any atom is 0.161 e. The minimum atomic E-state index is 0.595. The fourth-order valence-corrected chi connectivity index (χ4v) is 1.75. The van der Waals surface area contributed by atoms with Crippen LogP contribution in [0.25, 0.3) is 0 Å². The molecule has 0 radical (unpaired) electrons. The van der Waals surface area contributed by atoms with Crippen molar-refractivity contribution in [1.29, 1.82) is 0 Å². The number of methoxy groups -OCH3 is 1. The summed E-state index contributed by atoms with van der Waals surface area (Å²) < 4.78 is 10.9. The summed E-state index contributed by atoms with van der Waals surface area (Å²) in [4.78, 5) is 0. The van der Waals surface area contributed by atoms with Crippen molar-refractivity contribution in [2.24, 2.45) is 0 Å². The van der Waals surface area contributed by atoms with E-state index in [2.05, 4.69) is 15.5 Å². The summed E-state index contributed by atoms with van der Waals surface area (Å²) in [6.07, 6.45) is 1.84. The number of ether oxygens (including phenoxy) is 2. The minimum absolute atomic E-state index is 0.595.